The quantitative estimate of drug-likeness (QED) is 0.714. The molecule has 0 bridgehead atoms. The first-order chi connectivity index (χ1) is 7.56. The maximum Gasteiger partial charge on any atom is 0.136 e. The van der Waals surface area contributed by atoms with Crippen LogP contribution in [0.2, 0.25) is 0 Å². The fourth-order valence-corrected chi connectivity index (χ4v) is 3.06. The zero-order chi connectivity index (χ0) is 11.7. The van der Waals surface area contributed by atoms with Crippen molar-refractivity contribution >= 4 is 5.78 Å². The van der Waals surface area contributed by atoms with Crippen molar-refractivity contribution in [3.63, 3.8) is 0 Å². The van der Waals surface area contributed by atoms with E-state index in [0.29, 0.717) is 5.78 Å². The van der Waals surface area contributed by atoms with E-state index in [4.69, 9.17) is 0 Å². The van der Waals surface area contributed by atoms with Gasteiger partial charge in [-0.05, 0) is 18.9 Å². The average molecular weight is 224 g/mol. The third-order valence-electron chi connectivity index (χ3n) is 4.06. The molecule has 2 atom stereocenters. The van der Waals surface area contributed by atoms with Crippen LogP contribution < -0.4 is 0 Å². The highest BCUT2D eigenvalue weighted by Crippen LogP contribution is 2.30. The number of Topliss-reactive ketones (excluding diaryl/α,β-unsaturated/α-hetero) is 1. The largest absolute Gasteiger partial charge is 0.306 e. The van der Waals surface area contributed by atoms with E-state index in [0.717, 1.165) is 24.8 Å². The van der Waals surface area contributed by atoms with E-state index in [9.17, 15) is 4.79 Å². The van der Waals surface area contributed by atoms with Gasteiger partial charge >= 0.3 is 0 Å². The van der Waals surface area contributed by atoms with Crippen LogP contribution in [0.1, 0.15) is 20.3 Å². The molecule has 2 rings (SSSR count). The van der Waals surface area contributed by atoms with Crippen molar-refractivity contribution in [3.8, 4) is 0 Å². The molecule has 92 valence electrons. The second-order valence-electron chi connectivity index (χ2n) is 5.87. The molecule has 0 spiro atoms. The van der Waals surface area contributed by atoms with Crippen LogP contribution in [0, 0.1) is 17.8 Å². The van der Waals surface area contributed by atoms with Crippen molar-refractivity contribution in [2.75, 3.05) is 39.8 Å². The number of fused-ring (bicyclic) bond motifs is 1. The average Bonchev–Trinajstić information content (AvgIpc) is 2.70. The van der Waals surface area contributed by atoms with E-state index < -0.39 is 0 Å². The van der Waals surface area contributed by atoms with Crippen molar-refractivity contribution in [1.82, 2.24) is 9.80 Å². The predicted molar refractivity (Wildman–Crippen MR) is 65.4 cm³/mol. The van der Waals surface area contributed by atoms with Gasteiger partial charge in [-0.1, -0.05) is 13.8 Å². The summed E-state index contributed by atoms with van der Waals surface area (Å²) in [5.74, 6) is 2.33. The second-order valence-corrected chi connectivity index (χ2v) is 5.87. The van der Waals surface area contributed by atoms with Gasteiger partial charge in [0.15, 0.2) is 0 Å². The first-order valence-electron chi connectivity index (χ1n) is 6.50. The molecule has 2 fully saturated rings. The second kappa shape index (κ2) is 4.84. The van der Waals surface area contributed by atoms with Gasteiger partial charge < -0.3 is 9.80 Å². The molecule has 3 heteroatoms. The smallest absolute Gasteiger partial charge is 0.136 e. The zero-order valence-corrected chi connectivity index (χ0v) is 10.8. The number of hydrogen-bond donors (Lipinski definition) is 0. The van der Waals surface area contributed by atoms with Crippen LogP contribution in [-0.2, 0) is 4.79 Å². The molecule has 3 nitrogen and oxygen atoms in total. The van der Waals surface area contributed by atoms with Crippen LogP contribution in [0.3, 0.4) is 0 Å². The molecule has 2 aliphatic rings. The minimum Gasteiger partial charge on any atom is -0.306 e. The topological polar surface area (TPSA) is 23.6 Å². The Bertz CT molecular complexity index is 251. The number of nitrogens with zero attached hydrogens (tertiary/aromatic N) is 2. The number of hydrogen-bond acceptors (Lipinski definition) is 3. The highest BCUT2D eigenvalue weighted by molar-refractivity contribution is 5.80. The van der Waals surface area contributed by atoms with Crippen LogP contribution in [-0.4, -0.2) is 55.4 Å². The third-order valence-corrected chi connectivity index (χ3v) is 4.06. The van der Waals surface area contributed by atoms with E-state index in [2.05, 4.69) is 16.8 Å². The summed E-state index contributed by atoms with van der Waals surface area (Å²) in [5, 5.41) is 0. The summed E-state index contributed by atoms with van der Waals surface area (Å²) in [4.78, 5) is 16.5. The SMILES string of the molecule is CC(C)C(=O)CCN1CC2CN(C)CC2C1. The number of carbonyl (C=O) groups excluding carboxylic acids is 1. The Kier molecular flexibility index (Phi) is 3.65. The molecular formula is C13H24N2O. The van der Waals surface area contributed by atoms with Crippen LogP contribution >= 0.6 is 0 Å². The molecule has 2 heterocycles. The van der Waals surface area contributed by atoms with E-state index in [1.165, 1.54) is 26.2 Å². The van der Waals surface area contributed by atoms with Gasteiger partial charge in [0.25, 0.3) is 0 Å². The maximum atomic E-state index is 11.6. The van der Waals surface area contributed by atoms with Crippen LogP contribution in [0.15, 0.2) is 0 Å². The molecule has 0 aromatic rings. The highest BCUT2D eigenvalue weighted by Gasteiger charge is 2.38. The van der Waals surface area contributed by atoms with Gasteiger partial charge in [0.2, 0.25) is 0 Å². The molecule has 0 radical (unpaired) electrons. The van der Waals surface area contributed by atoms with Crippen molar-refractivity contribution in [2.45, 2.75) is 20.3 Å². The molecule has 0 aromatic heterocycles. The molecule has 0 saturated carbocycles. The summed E-state index contributed by atoms with van der Waals surface area (Å²) in [6, 6.07) is 0. The fraction of sp³-hybridized carbons (Fsp3) is 0.923. The minimum absolute atomic E-state index is 0.202. The van der Waals surface area contributed by atoms with E-state index in [-0.39, 0.29) is 5.92 Å². The lowest BCUT2D eigenvalue weighted by Gasteiger charge is -2.18. The van der Waals surface area contributed by atoms with E-state index in [1.54, 1.807) is 0 Å². The molecule has 2 saturated heterocycles. The molecule has 0 N–H and O–H groups in total. The van der Waals surface area contributed by atoms with Crippen LogP contribution in [0.5, 0.6) is 0 Å². The van der Waals surface area contributed by atoms with Gasteiger partial charge in [0.05, 0.1) is 0 Å². The zero-order valence-electron chi connectivity index (χ0n) is 10.8. The lowest BCUT2D eigenvalue weighted by atomic mass is 10.0. The van der Waals surface area contributed by atoms with Gasteiger partial charge in [-0.25, -0.2) is 0 Å². The Morgan fingerprint density at radius 3 is 2.25 bits per heavy atom. The number of carbonyl (C=O) groups is 1. The predicted octanol–water partition coefficient (Wildman–Crippen LogP) is 1.09. The lowest BCUT2D eigenvalue weighted by molar-refractivity contribution is -0.122. The molecule has 2 unspecified atom stereocenters. The van der Waals surface area contributed by atoms with Crippen LogP contribution in [0.4, 0.5) is 0 Å². The molecule has 16 heavy (non-hydrogen) atoms. The van der Waals surface area contributed by atoms with Crippen molar-refractivity contribution in [2.24, 2.45) is 17.8 Å². The third kappa shape index (κ3) is 2.64. The summed E-state index contributed by atoms with van der Waals surface area (Å²) >= 11 is 0. The summed E-state index contributed by atoms with van der Waals surface area (Å²) in [5.41, 5.74) is 0. The first kappa shape index (κ1) is 12.1. The first-order valence-corrected chi connectivity index (χ1v) is 6.50. The van der Waals surface area contributed by atoms with Gasteiger partial charge in [-0.2, -0.15) is 0 Å². The number of likely N-dealkylation sites (tertiary alicyclic amines) is 2. The Labute approximate surface area is 98.8 Å². The van der Waals surface area contributed by atoms with Gasteiger partial charge in [-0.3, -0.25) is 4.79 Å². The Balaban J connectivity index is 1.72. The van der Waals surface area contributed by atoms with Gasteiger partial charge in [0.1, 0.15) is 5.78 Å². The lowest BCUT2D eigenvalue weighted by Crippen LogP contribution is -2.29. The summed E-state index contributed by atoms with van der Waals surface area (Å²) < 4.78 is 0. The normalized spacial score (nSPS) is 31.2. The fourth-order valence-electron chi connectivity index (χ4n) is 3.06. The molecule has 0 aromatic carbocycles. The van der Waals surface area contributed by atoms with Crippen molar-refractivity contribution < 1.29 is 4.79 Å². The standard InChI is InChI=1S/C13H24N2O/c1-10(2)13(16)4-5-15-8-11-6-14(3)7-12(11)9-15/h10-12H,4-9H2,1-3H3. The summed E-state index contributed by atoms with van der Waals surface area (Å²) in [6.07, 6.45) is 0.743. The Morgan fingerprint density at radius 1 is 1.19 bits per heavy atom. The highest BCUT2D eigenvalue weighted by atomic mass is 16.1. The summed E-state index contributed by atoms with van der Waals surface area (Å²) in [7, 11) is 2.21. The van der Waals surface area contributed by atoms with E-state index in [1.807, 2.05) is 13.8 Å². The van der Waals surface area contributed by atoms with Crippen LogP contribution in [0.25, 0.3) is 0 Å². The maximum absolute atomic E-state index is 11.6. The molecule has 2 aliphatic heterocycles. The van der Waals surface area contributed by atoms with E-state index >= 15 is 0 Å². The minimum atomic E-state index is 0.202. The monoisotopic (exact) mass is 224 g/mol. The molecule has 0 aliphatic carbocycles. The van der Waals surface area contributed by atoms with Gasteiger partial charge in [-0.15, -0.1) is 0 Å². The Morgan fingerprint density at radius 2 is 1.75 bits per heavy atom. The number of rotatable bonds is 4. The Hall–Kier alpha value is -0.410. The van der Waals surface area contributed by atoms with Gasteiger partial charge in [0, 0.05) is 45.1 Å². The number of ketones is 1. The van der Waals surface area contributed by atoms with Crippen molar-refractivity contribution in [1.29, 1.82) is 0 Å². The summed E-state index contributed by atoms with van der Waals surface area (Å²) in [6.45, 7) is 9.89. The van der Waals surface area contributed by atoms with Crippen molar-refractivity contribution in [3.05, 3.63) is 0 Å². The molecular weight excluding hydrogens is 200 g/mol. The molecule has 0 amide bonds.